The third-order valence-corrected chi connectivity index (χ3v) is 1.77. The maximum Gasteiger partial charge on any atom is 0.287 e. The second-order valence-electron chi connectivity index (χ2n) is 3.27. The first-order valence-electron chi connectivity index (χ1n) is 3.16. The molecule has 0 fully saturated rings. The fourth-order valence-corrected chi connectivity index (χ4v) is 1.08. The van der Waals surface area contributed by atoms with Crippen molar-refractivity contribution < 1.29 is 8.98 Å². The van der Waals surface area contributed by atoms with Crippen molar-refractivity contribution in [2.45, 2.75) is 20.8 Å². The van der Waals surface area contributed by atoms with E-state index in [1.54, 1.807) is 0 Å². The number of hydrogen-bond donors (Lipinski definition) is 1. The van der Waals surface area contributed by atoms with E-state index in [4.69, 9.17) is 9.32 Å². The van der Waals surface area contributed by atoms with Gasteiger partial charge in [0.05, 0.1) is 18.6 Å². The van der Waals surface area contributed by atoms with Crippen LogP contribution in [0.1, 0.15) is 20.8 Å². The molecule has 0 saturated carbocycles. The number of nitrogens with two attached hydrogens (primary N) is 1. The fourth-order valence-electron chi connectivity index (χ4n) is 0.274. The van der Waals surface area contributed by atoms with Crippen molar-refractivity contribution >= 4 is 28.4 Å². The molecular weight excluding hydrogens is 182 g/mol. The average molecular weight is 195 g/mol. The SMILES string of the molecule is CC(C)(C)COSC(=O)SN. The van der Waals surface area contributed by atoms with Gasteiger partial charge in [-0.05, 0) is 5.41 Å². The van der Waals surface area contributed by atoms with Crippen LogP contribution < -0.4 is 5.14 Å². The highest BCUT2D eigenvalue weighted by Crippen LogP contribution is 2.19. The lowest BCUT2D eigenvalue weighted by atomic mass is 9.99. The summed E-state index contributed by atoms with van der Waals surface area (Å²) in [5, 5.41) is 4.99. The van der Waals surface area contributed by atoms with Crippen molar-refractivity contribution in [3.05, 3.63) is 0 Å². The van der Waals surface area contributed by atoms with Crippen LogP contribution in [0.25, 0.3) is 0 Å². The minimum atomic E-state index is -0.214. The van der Waals surface area contributed by atoms with E-state index in [1.165, 1.54) is 0 Å². The maximum atomic E-state index is 10.6. The summed E-state index contributed by atoms with van der Waals surface area (Å²) in [6.07, 6.45) is 0. The first-order chi connectivity index (χ1) is 4.95. The lowest BCUT2D eigenvalue weighted by molar-refractivity contribution is 0.226. The van der Waals surface area contributed by atoms with E-state index in [0.717, 1.165) is 12.0 Å². The molecule has 0 atom stereocenters. The second kappa shape index (κ2) is 5.03. The zero-order chi connectivity index (χ0) is 8.91. The van der Waals surface area contributed by atoms with Crippen LogP contribution in [0.5, 0.6) is 0 Å². The number of hydrogen-bond acceptors (Lipinski definition) is 5. The van der Waals surface area contributed by atoms with Gasteiger partial charge in [-0.2, -0.15) is 0 Å². The van der Waals surface area contributed by atoms with E-state index in [0.29, 0.717) is 18.6 Å². The number of carbonyl (C=O) groups excluding carboxylic acids is 1. The third kappa shape index (κ3) is 8.19. The van der Waals surface area contributed by atoms with E-state index in [9.17, 15) is 4.79 Å². The quantitative estimate of drug-likeness (QED) is 0.541. The van der Waals surface area contributed by atoms with Gasteiger partial charge >= 0.3 is 0 Å². The van der Waals surface area contributed by atoms with Crippen LogP contribution in [0.2, 0.25) is 0 Å². The molecule has 0 aliphatic carbocycles. The topological polar surface area (TPSA) is 52.3 Å². The van der Waals surface area contributed by atoms with Gasteiger partial charge in [-0.3, -0.25) is 9.93 Å². The van der Waals surface area contributed by atoms with Crippen molar-refractivity contribution in [2.75, 3.05) is 6.61 Å². The smallest absolute Gasteiger partial charge is 0.287 e. The van der Waals surface area contributed by atoms with Crippen molar-refractivity contribution in [3.8, 4) is 0 Å². The van der Waals surface area contributed by atoms with Crippen LogP contribution >= 0.6 is 24.0 Å². The molecule has 0 aromatic heterocycles. The first-order valence-corrected chi connectivity index (χ1v) is 4.78. The molecule has 0 aromatic rings. The normalized spacial score (nSPS) is 11.6. The molecule has 0 radical (unpaired) electrons. The van der Waals surface area contributed by atoms with Gasteiger partial charge in [0.1, 0.15) is 0 Å². The molecule has 0 aliphatic heterocycles. The Hall–Kier alpha value is 0.290. The molecule has 0 spiro atoms. The van der Waals surface area contributed by atoms with Gasteiger partial charge in [-0.15, -0.1) is 0 Å². The Balaban J connectivity index is 3.35. The Bertz CT molecular complexity index is 133. The summed E-state index contributed by atoms with van der Waals surface area (Å²) in [4.78, 5) is 10.6. The average Bonchev–Trinajstić information content (AvgIpc) is 1.85. The second-order valence-corrected chi connectivity index (χ2v) is 4.91. The predicted octanol–water partition coefficient (Wildman–Crippen LogP) is 2.42. The van der Waals surface area contributed by atoms with Crippen LogP contribution in [0, 0.1) is 5.41 Å². The molecule has 0 amide bonds. The van der Waals surface area contributed by atoms with Gasteiger partial charge in [-0.1, -0.05) is 20.8 Å². The van der Waals surface area contributed by atoms with Crippen LogP contribution in [-0.4, -0.2) is 11.1 Å². The standard InChI is InChI=1S/C6H13NO2S2/c1-6(2,3)4-9-11-5(8)10-7/h4,7H2,1-3H3. The summed E-state index contributed by atoms with van der Waals surface area (Å²) in [6.45, 7) is 6.65. The van der Waals surface area contributed by atoms with Gasteiger partial charge in [0.15, 0.2) is 0 Å². The molecule has 0 aromatic carbocycles. The Morgan fingerprint density at radius 3 is 2.45 bits per heavy atom. The van der Waals surface area contributed by atoms with Gasteiger partial charge in [0, 0.05) is 11.9 Å². The predicted molar refractivity (Wildman–Crippen MR) is 50.2 cm³/mol. The highest BCUT2D eigenvalue weighted by Gasteiger charge is 2.11. The summed E-state index contributed by atoms with van der Waals surface area (Å²) in [7, 11) is 0. The Labute approximate surface area is 75.8 Å². The van der Waals surface area contributed by atoms with Gasteiger partial charge in [0.25, 0.3) is 4.45 Å². The van der Waals surface area contributed by atoms with Crippen LogP contribution in [0.15, 0.2) is 0 Å². The third-order valence-electron chi connectivity index (χ3n) is 0.715. The zero-order valence-electron chi connectivity index (χ0n) is 6.92. The van der Waals surface area contributed by atoms with E-state index < -0.39 is 0 Å². The zero-order valence-corrected chi connectivity index (χ0v) is 8.55. The molecule has 0 unspecified atom stereocenters. The Kier molecular flexibility index (Phi) is 5.16. The summed E-state index contributed by atoms with van der Waals surface area (Å²) >= 11 is 1.48. The summed E-state index contributed by atoms with van der Waals surface area (Å²) in [6, 6.07) is 0. The lowest BCUT2D eigenvalue weighted by Gasteiger charge is -2.15. The molecule has 2 N–H and O–H groups in total. The Morgan fingerprint density at radius 1 is 1.55 bits per heavy atom. The molecule has 5 heteroatoms. The summed E-state index contributed by atoms with van der Waals surface area (Å²) in [5.74, 6) is 0. The monoisotopic (exact) mass is 195 g/mol. The molecule has 0 heterocycles. The largest absolute Gasteiger partial charge is 0.307 e. The van der Waals surface area contributed by atoms with Crippen molar-refractivity contribution in [1.29, 1.82) is 0 Å². The minimum Gasteiger partial charge on any atom is -0.307 e. The van der Waals surface area contributed by atoms with Crippen molar-refractivity contribution in [1.82, 2.24) is 0 Å². The molecule has 0 bridgehead atoms. The fraction of sp³-hybridized carbons (Fsp3) is 0.833. The van der Waals surface area contributed by atoms with E-state index in [-0.39, 0.29) is 9.86 Å². The number of carbonyl (C=O) groups is 1. The van der Waals surface area contributed by atoms with E-state index in [1.807, 2.05) is 20.8 Å². The van der Waals surface area contributed by atoms with Crippen LogP contribution in [0.4, 0.5) is 4.79 Å². The molecule has 66 valence electrons. The van der Waals surface area contributed by atoms with Gasteiger partial charge in [-0.25, -0.2) is 0 Å². The van der Waals surface area contributed by atoms with Crippen molar-refractivity contribution in [3.63, 3.8) is 0 Å². The van der Waals surface area contributed by atoms with E-state index in [2.05, 4.69) is 0 Å². The van der Waals surface area contributed by atoms with Crippen molar-refractivity contribution in [2.24, 2.45) is 10.6 Å². The van der Waals surface area contributed by atoms with E-state index >= 15 is 0 Å². The molecule has 11 heavy (non-hydrogen) atoms. The van der Waals surface area contributed by atoms with Gasteiger partial charge in [0.2, 0.25) is 0 Å². The maximum absolute atomic E-state index is 10.6. The molecule has 0 saturated heterocycles. The minimum absolute atomic E-state index is 0.0898. The molecule has 3 nitrogen and oxygen atoms in total. The van der Waals surface area contributed by atoms with Gasteiger partial charge < -0.3 is 4.18 Å². The molecular formula is C6H13NO2S2. The summed E-state index contributed by atoms with van der Waals surface area (Å²) < 4.78 is 4.80. The highest BCUT2D eigenvalue weighted by atomic mass is 32.2. The molecule has 0 aliphatic rings. The summed E-state index contributed by atoms with van der Waals surface area (Å²) in [5.41, 5.74) is 0.0898. The highest BCUT2D eigenvalue weighted by molar-refractivity contribution is 8.35. The van der Waals surface area contributed by atoms with Crippen LogP contribution in [-0.2, 0) is 4.18 Å². The Morgan fingerprint density at radius 2 is 2.09 bits per heavy atom. The first kappa shape index (κ1) is 11.3. The number of rotatable bonds is 2. The lowest BCUT2D eigenvalue weighted by Crippen LogP contribution is -2.12. The van der Waals surface area contributed by atoms with Crippen LogP contribution in [0.3, 0.4) is 0 Å². The molecule has 0 rings (SSSR count).